The zero-order valence-electron chi connectivity index (χ0n) is 26.5. The van der Waals surface area contributed by atoms with Crippen molar-refractivity contribution in [3.63, 3.8) is 0 Å². The molecule has 0 saturated carbocycles. The molecule has 0 heterocycles. The van der Waals surface area contributed by atoms with Gasteiger partial charge in [-0.1, -0.05) is 189 Å². The summed E-state index contributed by atoms with van der Waals surface area (Å²) in [5, 5.41) is 16.4. The highest BCUT2D eigenvalue weighted by Gasteiger charge is 2.19. The zero-order valence-corrected chi connectivity index (χ0v) is 26.5. The summed E-state index contributed by atoms with van der Waals surface area (Å²) in [5.41, 5.74) is 10.5. The van der Waals surface area contributed by atoms with Gasteiger partial charge in [-0.15, -0.1) is 0 Å². The van der Waals surface area contributed by atoms with Crippen LogP contribution in [-0.4, -0.2) is 5.71 Å². The molecule has 0 bridgehead atoms. The number of hydrogen-bond donors (Lipinski definition) is 1. The fourth-order valence-electron chi connectivity index (χ4n) is 7.15. The predicted molar refractivity (Wildman–Crippen MR) is 207 cm³/mol. The van der Waals surface area contributed by atoms with Crippen molar-refractivity contribution in [1.82, 2.24) is 0 Å². The summed E-state index contributed by atoms with van der Waals surface area (Å²) in [4.78, 5) is 0. The topological polar surface area (TPSA) is 23.9 Å². The van der Waals surface area contributed by atoms with Gasteiger partial charge in [0.15, 0.2) is 0 Å². The number of hydrogen-bond acceptors (Lipinski definition) is 1. The summed E-state index contributed by atoms with van der Waals surface area (Å²) in [6, 6.07) is 60.2. The first-order chi connectivity index (χ1) is 23.7. The van der Waals surface area contributed by atoms with Crippen molar-refractivity contribution in [2.24, 2.45) is 0 Å². The normalized spacial score (nSPS) is 11.6. The van der Waals surface area contributed by atoms with Gasteiger partial charge in [0.05, 0.1) is 5.71 Å². The van der Waals surface area contributed by atoms with Crippen LogP contribution >= 0.6 is 0 Å². The first kappa shape index (κ1) is 29.1. The smallest absolute Gasteiger partial charge is 0.0690 e. The monoisotopic (exact) mass is 611 g/mol. The van der Waals surface area contributed by atoms with Crippen LogP contribution in [0.5, 0.6) is 0 Å². The van der Waals surface area contributed by atoms with Crippen LogP contribution in [0.2, 0.25) is 0 Å². The van der Waals surface area contributed by atoms with Gasteiger partial charge >= 0.3 is 0 Å². The van der Waals surface area contributed by atoms with E-state index in [4.69, 9.17) is 5.41 Å². The molecule has 1 N–H and O–H groups in total. The molecule has 0 aromatic heterocycles. The van der Waals surface area contributed by atoms with Gasteiger partial charge in [0.1, 0.15) is 0 Å². The van der Waals surface area contributed by atoms with Crippen LogP contribution < -0.4 is 0 Å². The lowest BCUT2D eigenvalue weighted by Gasteiger charge is -2.19. The molecule has 0 aliphatic carbocycles. The molecule has 1 heteroatoms. The second-order valence-corrected chi connectivity index (χ2v) is 12.0. The van der Waals surface area contributed by atoms with E-state index in [-0.39, 0.29) is 0 Å². The van der Waals surface area contributed by atoms with Crippen molar-refractivity contribution in [1.29, 1.82) is 5.41 Å². The van der Waals surface area contributed by atoms with Crippen molar-refractivity contribution < 1.29 is 0 Å². The molecule has 1 nitrogen and oxygen atoms in total. The Labute approximate surface area is 281 Å². The summed E-state index contributed by atoms with van der Waals surface area (Å²) in [6.45, 7) is 3.93. The number of fused-ring (bicyclic) bond motifs is 3. The molecule has 0 atom stereocenters. The maximum Gasteiger partial charge on any atom is 0.0690 e. The van der Waals surface area contributed by atoms with Crippen LogP contribution in [0.1, 0.15) is 11.1 Å². The average molecular weight is 612 g/mol. The second kappa shape index (κ2) is 12.5. The maximum absolute atomic E-state index is 8.97. The molecule has 0 aliphatic heterocycles. The van der Waals surface area contributed by atoms with Crippen LogP contribution in [0.15, 0.2) is 189 Å². The molecular formula is C47H33N. The first-order valence-electron chi connectivity index (χ1n) is 16.3. The minimum atomic E-state index is 0.481. The van der Waals surface area contributed by atoms with Crippen molar-refractivity contribution in [3.05, 3.63) is 200 Å². The quantitative estimate of drug-likeness (QED) is 0.105. The van der Waals surface area contributed by atoms with E-state index in [0.29, 0.717) is 5.71 Å². The van der Waals surface area contributed by atoms with Gasteiger partial charge in [0.2, 0.25) is 0 Å². The van der Waals surface area contributed by atoms with Crippen LogP contribution in [0.25, 0.3) is 71.3 Å². The summed E-state index contributed by atoms with van der Waals surface area (Å²) >= 11 is 0. The molecule has 8 aromatic rings. The summed E-state index contributed by atoms with van der Waals surface area (Å²) in [5.74, 6) is 0. The molecule has 0 unspecified atom stereocenters. The van der Waals surface area contributed by atoms with Crippen molar-refractivity contribution >= 4 is 43.6 Å². The fraction of sp³-hybridized carbons (Fsp3) is 0. The molecule has 0 fully saturated rings. The number of rotatable bonds is 7. The Kier molecular flexibility index (Phi) is 7.57. The Morgan fingerprint density at radius 3 is 1.46 bits per heavy atom. The van der Waals surface area contributed by atoms with E-state index in [1.165, 1.54) is 60.1 Å². The highest BCUT2D eigenvalue weighted by atomic mass is 14.4. The van der Waals surface area contributed by atoms with Gasteiger partial charge in [-0.2, -0.15) is 0 Å². The molecule has 0 saturated heterocycles. The lowest BCUT2D eigenvalue weighted by Crippen LogP contribution is -2.02. The van der Waals surface area contributed by atoms with E-state index in [1.807, 2.05) is 36.4 Å². The van der Waals surface area contributed by atoms with E-state index in [9.17, 15) is 0 Å². The van der Waals surface area contributed by atoms with Crippen molar-refractivity contribution in [3.8, 4) is 33.4 Å². The molecule has 226 valence electrons. The molecule has 48 heavy (non-hydrogen) atoms. The van der Waals surface area contributed by atoms with Crippen LogP contribution in [0.4, 0.5) is 0 Å². The highest BCUT2D eigenvalue weighted by Crippen LogP contribution is 2.46. The van der Waals surface area contributed by atoms with Gasteiger partial charge in [-0.05, 0) is 71.3 Å². The maximum atomic E-state index is 8.97. The van der Waals surface area contributed by atoms with E-state index >= 15 is 0 Å². The third kappa shape index (κ3) is 5.03. The van der Waals surface area contributed by atoms with E-state index in [2.05, 4.69) is 146 Å². The highest BCUT2D eigenvalue weighted by molar-refractivity contribution is 6.30. The zero-order chi connectivity index (χ0) is 32.5. The van der Waals surface area contributed by atoms with Crippen molar-refractivity contribution in [2.75, 3.05) is 0 Å². The SMILES string of the molecule is C=C/C=C(\C(=N)c1ccccc1)c1ccc(-c2c3ccccc3c(-c3cccc4c(-c5ccccc5)cccc34)c3ccccc23)cc1. The summed E-state index contributed by atoms with van der Waals surface area (Å²) < 4.78 is 0. The minimum Gasteiger partial charge on any atom is -0.300 e. The van der Waals surface area contributed by atoms with E-state index in [1.54, 1.807) is 6.08 Å². The lowest BCUT2D eigenvalue weighted by atomic mass is 9.84. The molecule has 0 radical (unpaired) electrons. The molecule has 0 spiro atoms. The number of nitrogens with one attached hydrogen (secondary N) is 1. The van der Waals surface area contributed by atoms with E-state index < -0.39 is 0 Å². The predicted octanol–water partition coefficient (Wildman–Crippen LogP) is 12.8. The van der Waals surface area contributed by atoms with Crippen LogP contribution in [0.3, 0.4) is 0 Å². The van der Waals surface area contributed by atoms with Crippen molar-refractivity contribution in [2.45, 2.75) is 0 Å². The first-order valence-corrected chi connectivity index (χ1v) is 16.3. The average Bonchev–Trinajstić information content (AvgIpc) is 3.16. The Balaban J connectivity index is 1.33. The van der Waals surface area contributed by atoms with Gasteiger partial charge < -0.3 is 0 Å². The van der Waals surface area contributed by atoms with Crippen LogP contribution in [-0.2, 0) is 0 Å². The molecule has 8 aromatic carbocycles. The van der Waals surface area contributed by atoms with Gasteiger partial charge in [0.25, 0.3) is 0 Å². The van der Waals surface area contributed by atoms with Gasteiger partial charge in [-0.3, -0.25) is 5.41 Å². The molecule has 0 amide bonds. The Hall–Kier alpha value is -6.31. The molecular weight excluding hydrogens is 579 g/mol. The third-order valence-corrected chi connectivity index (χ3v) is 9.31. The Morgan fingerprint density at radius 2 is 0.875 bits per heavy atom. The molecule has 8 rings (SSSR count). The van der Waals surface area contributed by atoms with Gasteiger partial charge in [0, 0.05) is 11.1 Å². The minimum absolute atomic E-state index is 0.481. The standard InChI is InChI=1S/C47H33N/c1-2-15-37(47(48)35-18-7-4-8-19-35)33-28-30-34(31-29-33)45-41-20-9-11-22-43(41)46(44-23-12-10-21-42(44)45)40-27-14-25-38-36(24-13-26-39(38)40)32-16-5-3-6-17-32/h2-31,48H,1H2/b37-15-,48-47?. The van der Waals surface area contributed by atoms with E-state index in [0.717, 1.165) is 22.3 Å². The lowest BCUT2D eigenvalue weighted by molar-refractivity contribution is 1.48. The van der Waals surface area contributed by atoms with Crippen LogP contribution in [0, 0.1) is 5.41 Å². The molecule has 0 aliphatic rings. The Morgan fingerprint density at radius 1 is 0.396 bits per heavy atom. The third-order valence-electron chi connectivity index (χ3n) is 9.31. The van der Waals surface area contributed by atoms with Gasteiger partial charge in [-0.25, -0.2) is 0 Å². The number of allylic oxidation sites excluding steroid dienone is 3. The second-order valence-electron chi connectivity index (χ2n) is 12.0. The fourth-order valence-corrected chi connectivity index (χ4v) is 7.15. The summed E-state index contributed by atoms with van der Waals surface area (Å²) in [7, 11) is 0. The summed E-state index contributed by atoms with van der Waals surface area (Å²) in [6.07, 6.45) is 3.69. The largest absolute Gasteiger partial charge is 0.300 e. The number of benzene rings is 8. The Bertz CT molecular complexity index is 2450.